The summed E-state index contributed by atoms with van der Waals surface area (Å²) >= 11 is 0. The van der Waals surface area contributed by atoms with E-state index in [0.717, 1.165) is 5.56 Å². The van der Waals surface area contributed by atoms with Crippen LogP contribution in [0.15, 0.2) is 66.7 Å². The first-order chi connectivity index (χ1) is 18.3. The Morgan fingerprint density at radius 2 is 1.26 bits per heavy atom. The standard InChI is InChI=1S/C30H26O8/c1-36-25-10-16(5-7-22(25)33)3-4-17-9-24(35)29-27(11-17)38-30(18-6-8-23(34)26(14-18)37-2)28(29)19-12-20(31)15-21(32)13-19/h3-15,28,30-35H,1-2H3/t28-,30+/m0/s1. The molecule has 0 spiro atoms. The summed E-state index contributed by atoms with van der Waals surface area (Å²) in [5, 5.41) is 51.4. The van der Waals surface area contributed by atoms with Gasteiger partial charge in [-0.15, -0.1) is 0 Å². The summed E-state index contributed by atoms with van der Waals surface area (Å²) in [5.74, 6) is 0.181. The minimum Gasteiger partial charge on any atom is -0.508 e. The van der Waals surface area contributed by atoms with Crippen molar-refractivity contribution >= 4 is 12.2 Å². The van der Waals surface area contributed by atoms with E-state index < -0.39 is 12.0 Å². The lowest BCUT2D eigenvalue weighted by molar-refractivity contribution is 0.221. The highest BCUT2D eigenvalue weighted by Gasteiger charge is 2.40. The predicted octanol–water partition coefficient (Wildman–Crippen LogP) is 5.67. The number of hydrogen-bond acceptors (Lipinski definition) is 8. The quantitative estimate of drug-likeness (QED) is 0.208. The fourth-order valence-corrected chi connectivity index (χ4v) is 4.76. The number of methoxy groups -OCH3 is 2. The van der Waals surface area contributed by atoms with E-state index in [-0.39, 0.29) is 34.5 Å². The van der Waals surface area contributed by atoms with E-state index in [1.165, 1.54) is 44.6 Å². The van der Waals surface area contributed by atoms with Gasteiger partial charge in [0.2, 0.25) is 0 Å². The number of hydrogen-bond donors (Lipinski definition) is 5. The fraction of sp³-hybridized carbons (Fsp3) is 0.133. The van der Waals surface area contributed by atoms with Gasteiger partial charge in [0.05, 0.1) is 20.1 Å². The summed E-state index contributed by atoms with van der Waals surface area (Å²) in [6.07, 6.45) is 2.94. The molecule has 194 valence electrons. The smallest absolute Gasteiger partial charge is 0.161 e. The first kappa shape index (κ1) is 24.7. The van der Waals surface area contributed by atoms with Gasteiger partial charge in [0.25, 0.3) is 0 Å². The van der Waals surface area contributed by atoms with Crippen LogP contribution in [0.3, 0.4) is 0 Å². The van der Waals surface area contributed by atoms with E-state index in [0.29, 0.717) is 33.8 Å². The second-order valence-electron chi connectivity index (χ2n) is 8.95. The lowest BCUT2D eigenvalue weighted by Gasteiger charge is -2.21. The Morgan fingerprint density at radius 1 is 0.632 bits per heavy atom. The second-order valence-corrected chi connectivity index (χ2v) is 8.95. The topological polar surface area (TPSA) is 129 Å². The zero-order valence-electron chi connectivity index (χ0n) is 20.6. The monoisotopic (exact) mass is 514 g/mol. The molecule has 0 saturated carbocycles. The Balaban J connectivity index is 1.58. The van der Waals surface area contributed by atoms with Gasteiger partial charge in [-0.25, -0.2) is 0 Å². The maximum Gasteiger partial charge on any atom is 0.161 e. The maximum atomic E-state index is 11.2. The van der Waals surface area contributed by atoms with E-state index in [1.54, 1.807) is 42.5 Å². The van der Waals surface area contributed by atoms with Crippen LogP contribution in [0, 0.1) is 0 Å². The van der Waals surface area contributed by atoms with Crippen LogP contribution >= 0.6 is 0 Å². The van der Waals surface area contributed by atoms with Crippen LogP contribution in [-0.2, 0) is 0 Å². The molecule has 0 bridgehead atoms. The molecule has 0 amide bonds. The molecule has 5 rings (SSSR count). The molecular weight excluding hydrogens is 488 g/mol. The SMILES string of the molecule is COc1cc(C=Cc2cc(O)c3c(c2)O[C@H](c2ccc(O)c(OC)c2)[C@H]3c2cc(O)cc(O)c2)ccc1O. The molecule has 1 aliphatic rings. The van der Waals surface area contributed by atoms with Crippen molar-refractivity contribution in [3.8, 4) is 46.0 Å². The van der Waals surface area contributed by atoms with Crippen LogP contribution in [0.25, 0.3) is 12.2 Å². The molecule has 1 aliphatic heterocycles. The predicted molar refractivity (Wildman–Crippen MR) is 141 cm³/mol. The highest BCUT2D eigenvalue weighted by Crippen LogP contribution is 2.54. The van der Waals surface area contributed by atoms with Gasteiger partial charge in [-0.3, -0.25) is 0 Å². The van der Waals surface area contributed by atoms with Crippen molar-refractivity contribution in [2.75, 3.05) is 14.2 Å². The van der Waals surface area contributed by atoms with Crippen molar-refractivity contribution in [3.63, 3.8) is 0 Å². The molecule has 0 aromatic heterocycles. The van der Waals surface area contributed by atoms with Crippen molar-refractivity contribution in [2.45, 2.75) is 12.0 Å². The van der Waals surface area contributed by atoms with Crippen LogP contribution in [0.1, 0.15) is 39.8 Å². The van der Waals surface area contributed by atoms with Crippen LogP contribution in [-0.4, -0.2) is 39.8 Å². The molecule has 8 nitrogen and oxygen atoms in total. The third-order valence-electron chi connectivity index (χ3n) is 6.50. The summed E-state index contributed by atoms with van der Waals surface area (Å²) in [4.78, 5) is 0. The maximum absolute atomic E-state index is 11.2. The first-order valence-corrected chi connectivity index (χ1v) is 11.8. The van der Waals surface area contributed by atoms with Crippen molar-refractivity contribution < 1.29 is 39.7 Å². The third-order valence-corrected chi connectivity index (χ3v) is 6.50. The van der Waals surface area contributed by atoms with E-state index in [9.17, 15) is 25.5 Å². The Bertz CT molecular complexity index is 1520. The lowest BCUT2D eigenvalue weighted by atomic mass is 9.84. The van der Waals surface area contributed by atoms with Crippen LogP contribution in [0.5, 0.6) is 46.0 Å². The van der Waals surface area contributed by atoms with Gasteiger partial charge in [-0.05, 0) is 70.8 Å². The van der Waals surface area contributed by atoms with Crippen molar-refractivity contribution in [2.24, 2.45) is 0 Å². The number of phenols is 5. The van der Waals surface area contributed by atoms with E-state index >= 15 is 0 Å². The summed E-state index contributed by atoms with van der Waals surface area (Å²) < 4.78 is 16.8. The number of rotatable bonds is 6. The molecular formula is C30H26O8. The highest BCUT2D eigenvalue weighted by molar-refractivity contribution is 5.74. The van der Waals surface area contributed by atoms with Crippen molar-refractivity contribution in [1.29, 1.82) is 0 Å². The van der Waals surface area contributed by atoms with E-state index in [1.807, 2.05) is 6.08 Å². The summed E-state index contributed by atoms with van der Waals surface area (Å²) in [6.45, 7) is 0. The molecule has 1 heterocycles. The Morgan fingerprint density at radius 3 is 1.95 bits per heavy atom. The first-order valence-electron chi connectivity index (χ1n) is 11.8. The van der Waals surface area contributed by atoms with E-state index in [4.69, 9.17) is 14.2 Å². The second kappa shape index (κ2) is 9.82. The lowest BCUT2D eigenvalue weighted by Crippen LogP contribution is -2.11. The molecule has 38 heavy (non-hydrogen) atoms. The molecule has 0 radical (unpaired) electrons. The number of phenolic OH excluding ortho intramolecular Hbond substituents is 5. The van der Waals surface area contributed by atoms with Crippen LogP contribution in [0.4, 0.5) is 0 Å². The van der Waals surface area contributed by atoms with Crippen LogP contribution < -0.4 is 14.2 Å². The van der Waals surface area contributed by atoms with Gasteiger partial charge >= 0.3 is 0 Å². The zero-order valence-corrected chi connectivity index (χ0v) is 20.6. The zero-order chi connectivity index (χ0) is 27.0. The average molecular weight is 515 g/mol. The summed E-state index contributed by atoms with van der Waals surface area (Å²) in [7, 11) is 2.92. The molecule has 8 heteroatoms. The third kappa shape index (κ3) is 4.59. The van der Waals surface area contributed by atoms with Gasteiger partial charge in [0.15, 0.2) is 23.0 Å². The van der Waals surface area contributed by atoms with Gasteiger partial charge in [0, 0.05) is 11.6 Å². The summed E-state index contributed by atoms with van der Waals surface area (Å²) in [6, 6.07) is 17.4. The van der Waals surface area contributed by atoms with E-state index in [2.05, 4.69) is 0 Å². The molecule has 0 aliphatic carbocycles. The number of aromatic hydroxyl groups is 5. The fourth-order valence-electron chi connectivity index (χ4n) is 4.76. The van der Waals surface area contributed by atoms with Gasteiger partial charge < -0.3 is 39.7 Å². The van der Waals surface area contributed by atoms with Crippen LogP contribution in [0.2, 0.25) is 0 Å². The van der Waals surface area contributed by atoms with Crippen molar-refractivity contribution in [3.05, 3.63) is 94.5 Å². The highest BCUT2D eigenvalue weighted by atomic mass is 16.5. The normalized spacial score (nSPS) is 16.3. The largest absolute Gasteiger partial charge is 0.508 e. The molecule has 0 fully saturated rings. The Hall–Kier alpha value is -4.98. The van der Waals surface area contributed by atoms with Crippen molar-refractivity contribution in [1.82, 2.24) is 0 Å². The minimum atomic E-state index is -0.660. The molecule has 0 unspecified atom stereocenters. The average Bonchev–Trinajstić information content (AvgIpc) is 3.28. The molecule has 5 N–H and O–H groups in total. The Kier molecular flexibility index (Phi) is 6.38. The molecule has 4 aromatic rings. The Labute approximate surface area is 218 Å². The van der Waals surface area contributed by atoms with Gasteiger partial charge in [-0.1, -0.05) is 24.3 Å². The van der Waals surface area contributed by atoms with Gasteiger partial charge in [-0.2, -0.15) is 0 Å². The molecule has 2 atom stereocenters. The van der Waals surface area contributed by atoms with Gasteiger partial charge in [0.1, 0.15) is 29.1 Å². The minimum absolute atomic E-state index is 0.0217. The number of fused-ring (bicyclic) bond motifs is 1. The molecule has 0 saturated heterocycles. The number of ether oxygens (including phenoxy) is 3. The molecule has 4 aromatic carbocycles. The number of benzene rings is 4. The summed E-state index contributed by atoms with van der Waals surface area (Å²) in [5.41, 5.74) is 3.14.